The van der Waals surface area contributed by atoms with Crippen LogP contribution in [0, 0.1) is 0 Å². The third-order valence-electron chi connectivity index (χ3n) is 5.47. The van der Waals surface area contributed by atoms with Crippen molar-refractivity contribution in [3.63, 3.8) is 0 Å². The summed E-state index contributed by atoms with van der Waals surface area (Å²) >= 11 is 12.1. The zero-order valence-corrected chi connectivity index (χ0v) is 47.7. The van der Waals surface area contributed by atoms with E-state index >= 15 is 0 Å². The molecule has 0 fully saturated rings. The fraction of sp³-hybridized carbons (Fsp3) is 0.500. The molecule has 0 saturated carbocycles. The molecular formula is C32H53I5NO5S3SiV2. The van der Waals surface area contributed by atoms with Gasteiger partial charge in [-0.05, 0) is 107 Å². The van der Waals surface area contributed by atoms with Crippen LogP contribution in [0.25, 0.3) is 5.76 Å². The summed E-state index contributed by atoms with van der Waals surface area (Å²) in [4.78, 5) is 10.8. The van der Waals surface area contributed by atoms with E-state index in [9.17, 15) is 9.90 Å². The first-order chi connectivity index (χ1) is 22.2. The number of Topliss-reactive ketones (excluding diaryl/α,β-unsaturated/α-hetero) is 1. The number of phenols is 1. The average Bonchev–Trinajstić information content (AvgIpc) is 3.46. The number of phenolic OH excluding ortho intramolecular Hbond substituents is 1. The van der Waals surface area contributed by atoms with Crippen molar-refractivity contribution in [3.8, 4) is 11.5 Å². The number of halogens is 5. The Morgan fingerprint density at radius 2 is 1.37 bits per heavy atom. The molecule has 0 heterocycles. The molecule has 17 heteroatoms. The van der Waals surface area contributed by atoms with Crippen LogP contribution in [0.15, 0.2) is 46.9 Å². The van der Waals surface area contributed by atoms with E-state index in [1.165, 1.54) is 11.1 Å². The third kappa shape index (κ3) is 25.6. The van der Waals surface area contributed by atoms with Gasteiger partial charge in [-0.3, -0.25) is 4.79 Å². The SMILES string of the molecule is CC(=NS(C)(C)C)OS(C)(C)C.C[Si](C)(C)Oc1cccc2c1CC=C2OS(C)(C)C.O=C1CCc2c(O)cccc21.[I][V]([I])[I].[I][V][I]. The number of carbonyl (C=O) groups excluding carboxylic acids is 1. The standard InChI is InChI=1S/C15H24O2SSi.C9H8O2.C8H21NOS2.5HI.2V/c1-18(2,3)16-14-11-10-13-12(14)8-7-9-15(13)17-19(4,5)6;10-8-3-1-2-6-7(8)4-5-9(6)11;1-8(9-11(2,3)4)10-12(5,6)7;;;;;;;/h7-9,11H,10H2,1-6H3;1-3,10H,4-5H2;1-7H3;5*1H;;/q;;;;;;;;+2;+3/p-5. The van der Waals surface area contributed by atoms with E-state index in [2.05, 4.69) is 205 Å². The second-order valence-electron chi connectivity index (χ2n) is 13.8. The number of ketones is 1. The zero-order chi connectivity index (χ0) is 38.4. The van der Waals surface area contributed by atoms with E-state index in [-0.39, 0.29) is 16.5 Å². The van der Waals surface area contributed by atoms with Crippen molar-refractivity contribution in [2.24, 2.45) is 4.40 Å². The van der Waals surface area contributed by atoms with Crippen molar-refractivity contribution >= 4 is 156 Å². The summed E-state index contributed by atoms with van der Waals surface area (Å²) in [5.74, 6) is 3.30. The van der Waals surface area contributed by atoms with Gasteiger partial charge in [-0.2, -0.15) is 10.2 Å². The monoisotopic (exact) mass is 1390 g/mol. The third-order valence-corrected chi connectivity index (χ3v) is 8.53. The van der Waals surface area contributed by atoms with Gasteiger partial charge in [0.1, 0.15) is 17.3 Å². The van der Waals surface area contributed by atoms with Gasteiger partial charge in [0.05, 0.1) is 0 Å². The second-order valence-corrected chi connectivity index (χ2v) is 76.3. The van der Waals surface area contributed by atoms with E-state index in [0.717, 1.165) is 29.4 Å². The van der Waals surface area contributed by atoms with Gasteiger partial charge in [0.25, 0.3) is 0 Å². The molecule has 0 aliphatic heterocycles. The molecule has 0 amide bonds. The van der Waals surface area contributed by atoms with Crippen LogP contribution >= 0.6 is 131 Å². The molecule has 4 rings (SSSR count). The minimum atomic E-state index is -1.57. The Labute approximate surface area is 370 Å². The minimum absolute atomic E-state index is 0.149. The molecule has 2 aliphatic carbocycles. The van der Waals surface area contributed by atoms with Crippen LogP contribution in [0.2, 0.25) is 19.6 Å². The Balaban J connectivity index is 0.000000667. The second kappa shape index (κ2) is 24.4. The van der Waals surface area contributed by atoms with Crippen molar-refractivity contribution in [1.29, 1.82) is 0 Å². The predicted molar refractivity (Wildman–Crippen MR) is 264 cm³/mol. The molecule has 0 atom stereocenters. The topological polar surface area (TPSA) is 77.3 Å². The molecule has 0 spiro atoms. The molecule has 0 radical (unpaired) electrons. The molecule has 2 aliphatic rings. The summed E-state index contributed by atoms with van der Waals surface area (Å²) in [7, 11) is -3.67. The van der Waals surface area contributed by atoms with Crippen LogP contribution in [0.5, 0.6) is 11.5 Å². The summed E-state index contributed by atoms with van der Waals surface area (Å²) in [6, 6.07) is 11.4. The average molecular weight is 1390 g/mol. The van der Waals surface area contributed by atoms with Crippen molar-refractivity contribution in [2.75, 3.05) is 56.3 Å². The van der Waals surface area contributed by atoms with Crippen LogP contribution in [-0.2, 0) is 35.6 Å². The summed E-state index contributed by atoms with van der Waals surface area (Å²) in [6.07, 6.45) is 23.6. The molecule has 0 aromatic heterocycles. The van der Waals surface area contributed by atoms with Crippen molar-refractivity contribution < 1.29 is 37.1 Å². The zero-order valence-electron chi connectivity index (χ0n) is 30.7. The van der Waals surface area contributed by atoms with Gasteiger partial charge in [-0.15, -0.1) is 10.3 Å². The number of fused-ring (bicyclic) bond motifs is 2. The molecule has 0 saturated heterocycles. The van der Waals surface area contributed by atoms with E-state index in [4.69, 9.17) is 12.8 Å². The van der Waals surface area contributed by atoms with Gasteiger partial charge in [0.2, 0.25) is 14.2 Å². The first-order valence-corrected chi connectivity index (χ1v) is 49.1. The van der Waals surface area contributed by atoms with Gasteiger partial charge in [0.15, 0.2) is 5.78 Å². The molecule has 2 aromatic carbocycles. The molecule has 0 bridgehead atoms. The molecule has 1 N–H and O–H groups in total. The maximum atomic E-state index is 11.1. The van der Waals surface area contributed by atoms with Crippen LogP contribution in [0.1, 0.15) is 40.4 Å². The molecule has 49 heavy (non-hydrogen) atoms. The van der Waals surface area contributed by atoms with Crippen LogP contribution < -0.4 is 4.43 Å². The molecule has 283 valence electrons. The van der Waals surface area contributed by atoms with Crippen molar-refractivity contribution in [3.05, 3.63) is 64.7 Å². The molecule has 6 nitrogen and oxygen atoms in total. The Hall–Kier alpha value is 2.81. The summed E-state index contributed by atoms with van der Waals surface area (Å²) in [5, 5.41) is 9.30. The summed E-state index contributed by atoms with van der Waals surface area (Å²) in [5.41, 5.74) is 4.00. The molecule has 0 unspecified atom stereocenters. The Bertz CT molecular complexity index is 1410. The molecule has 2 aromatic rings. The summed E-state index contributed by atoms with van der Waals surface area (Å²) in [6.45, 7) is 8.58. The number of hydrogen-bond donors (Lipinski definition) is 1. The van der Waals surface area contributed by atoms with Gasteiger partial charge in [0, 0.05) is 35.6 Å². The number of carbonyl (C=O) groups is 1. The van der Waals surface area contributed by atoms with Gasteiger partial charge < -0.3 is 17.9 Å². The molecular weight excluding hydrogens is 1340 g/mol. The van der Waals surface area contributed by atoms with Gasteiger partial charge in [-0.25, -0.2) is 4.40 Å². The number of nitrogens with zero attached hydrogens (tertiary/aromatic N) is 1. The fourth-order valence-electron chi connectivity index (χ4n) is 4.32. The van der Waals surface area contributed by atoms with E-state index in [1.807, 2.05) is 6.92 Å². The Morgan fingerprint density at radius 3 is 1.82 bits per heavy atom. The van der Waals surface area contributed by atoms with Crippen LogP contribution in [-0.4, -0.2) is 81.4 Å². The van der Waals surface area contributed by atoms with Crippen molar-refractivity contribution in [2.45, 2.75) is 45.8 Å². The quantitative estimate of drug-likeness (QED) is 0.135. The first-order valence-electron chi connectivity index (χ1n) is 14.7. The van der Waals surface area contributed by atoms with E-state index in [0.29, 0.717) is 27.9 Å². The van der Waals surface area contributed by atoms with E-state index in [1.54, 1.807) is 18.2 Å². The Morgan fingerprint density at radius 1 is 0.857 bits per heavy atom. The normalized spacial score (nSPS) is 14.8. The number of hydrogen-bond acceptors (Lipinski definition) is 6. The van der Waals surface area contributed by atoms with Crippen molar-refractivity contribution in [1.82, 2.24) is 0 Å². The van der Waals surface area contributed by atoms with E-state index < -0.39 is 39.1 Å². The van der Waals surface area contributed by atoms with Crippen LogP contribution in [0.4, 0.5) is 0 Å². The number of benzene rings is 2. The number of rotatable bonds is 6. The van der Waals surface area contributed by atoms with Gasteiger partial charge >= 0.3 is 114 Å². The number of allylic oxidation sites excluding steroid dienone is 1. The number of aromatic hydroxyl groups is 1. The summed E-state index contributed by atoms with van der Waals surface area (Å²) < 4.78 is 22.5. The maximum absolute atomic E-state index is 11.1. The fourth-order valence-corrected chi connectivity index (χ4v) is 7.48. The van der Waals surface area contributed by atoms with Gasteiger partial charge in [-0.1, -0.05) is 34.6 Å². The predicted octanol–water partition coefficient (Wildman–Crippen LogP) is 13.0. The first kappa shape index (κ1) is 51.8. The Kier molecular flexibility index (Phi) is 25.8. The van der Waals surface area contributed by atoms with Crippen LogP contribution in [0.3, 0.4) is 0 Å².